The Morgan fingerprint density at radius 3 is 2.21 bits per heavy atom. The summed E-state index contributed by atoms with van der Waals surface area (Å²) in [5.41, 5.74) is 23.8. The lowest BCUT2D eigenvalue weighted by Gasteiger charge is -2.27. The summed E-state index contributed by atoms with van der Waals surface area (Å²) in [5.74, 6) is -4.67. The number of benzene rings is 1. The smallest absolute Gasteiger partial charge is 0.326 e. The van der Waals surface area contributed by atoms with E-state index in [4.69, 9.17) is 22.9 Å². The third-order valence-electron chi connectivity index (χ3n) is 6.57. The van der Waals surface area contributed by atoms with Crippen molar-refractivity contribution in [2.24, 2.45) is 33.8 Å². The van der Waals surface area contributed by atoms with Gasteiger partial charge in [0, 0.05) is 30.1 Å². The summed E-state index contributed by atoms with van der Waals surface area (Å²) in [6.45, 7) is 3.51. The third kappa shape index (κ3) is 10.4. The number of fused-ring (bicyclic) bond motifs is 1. The van der Waals surface area contributed by atoms with Gasteiger partial charge in [0.25, 0.3) is 0 Å². The largest absolute Gasteiger partial charge is 0.480 e. The molecule has 2 rings (SSSR count). The van der Waals surface area contributed by atoms with Crippen molar-refractivity contribution in [3.63, 3.8) is 0 Å². The quantitative estimate of drug-likeness (QED) is 0.0594. The fraction of sp³-hybridized carbons (Fsp3) is 0.481. The van der Waals surface area contributed by atoms with Crippen molar-refractivity contribution in [3.05, 3.63) is 36.0 Å². The Bertz CT molecular complexity index is 1290. The molecule has 0 aliphatic heterocycles. The minimum Gasteiger partial charge on any atom is -0.480 e. The predicted octanol–water partition coefficient (Wildman–Crippen LogP) is -1.45. The number of carboxylic acids is 1. The first-order valence-corrected chi connectivity index (χ1v) is 13.6. The zero-order chi connectivity index (χ0) is 31.4. The van der Waals surface area contributed by atoms with Crippen LogP contribution in [-0.2, 0) is 30.4 Å². The van der Waals surface area contributed by atoms with E-state index in [1.807, 2.05) is 24.3 Å². The Labute approximate surface area is 243 Å². The molecular formula is C27H41N9O6. The van der Waals surface area contributed by atoms with Crippen LogP contribution in [-0.4, -0.2) is 76.4 Å². The number of aromatic amines is 1. The highest BCUT2D eigenvalue weighted by Gasteiger charge is 2.32. The fourth-order valence-electron chi connectivity index (χ4n) is 4.28. The van der Waals surface area contributed by atoms with E-state index in [1.165, 1.54) is 0 Å². The van der Waals surface area contributed by atoms with E-state index < -0.39 is 59.7 Å². The van der Waals surface area contributed by atoms with Crippen molar-refractivity contribution < 1.29 is 29.1 Å². The first-order chi connectivity index (χ1) is 19.8. The second-order valence-electron chi connectivity index (χ2n) is 10.3. The summed E-state index contributed by atoms with van der Waals surface area (Å²) in [6, 6.07) is 2.95. The van der Waals surface area contributed by atoms with Crippen molar-refractivity contribution >= 4 is 46.5 Å². The van der Waals surface area contributed by atoms with E-state index in [0.29, 0.717) is 6.42 Å². The lowest BCUT2D eigenvalue weighted by molar-refractivity contribution is -0.143. The van der Waals surface area contributed by atoms with Crippen molar-refractivity contribution in [2.45, 2.75) is 70.1 Å². The summed E-state index contributed by atoms with van der Waals surface area (Å²) < 4.78 is 0. The minimum atomic E-state index is -1.39. The van der Waals surface area contributed by atoms with Gasteiger partial charge in [-0.15, -0.1) is 0 Å². The number of nitrogens with zero attached hydrogens (tertiary/aromatic N) is 1. The molecule has 0 aliphatic rings. The molecule has 0 fully saturated rings. The maximum Gasteiger partial charge on any atom is 0.326 e. The molecule has 0 aliphatic carbocycles. The van der Waals surface area contributed by atoms with Gasteiger partial charge in [-0.25, -0.2) is 4.79 Å². The van der Waals surface area contributed by atoms with E-state index in [0.717, 1.165) is 16.5 Å². The average molecular weight is 588 g/mol. The molecule has 4 atom stereocenters. The van der Waals surface area contributed by atoms with Gasteiger partial charge >= 0.3 is 5.97 Å². The van der Waals surface area contributed by atoms with Crippen LogP contribution in [0.4, 0.5) is 0 Å². The molecule has 15 heteroatoms. The number of H-pyrrole nitrogens is 1. The van der Waals surface area contributed by atoms with Gasteiger partial charge in [0.1, 0.15) is 18.1 Å². The molecule has 0 radical (unpaired) electrons. The Morgan fingerprint density at radius 1 is 0.929 bits per heavy atom. The van der Waals surface area contributed by atoms with Crippen LogP contribution in [0, 0.1) is 5.92 Å². The number of primary amides is 1. The Kier molecular flexibility index (Phi) is 12.7. The fourth-order valence-corrected chi connectivity index (χ4v) is 4.28. The predicted molar refractivity (Wildman–Crippen MR) is 157 cm³/mol. The van der Waals surface area contributed by atoms with E-state index in [2.05, 4.69) is 25.9 Å². The summed E-state index contributed by atoms with van der Waals surface area (Å²) in [6.07, 6.45) is 1.96. The topological polar surface area (TPSA) is 274 Å². The molecular weight excluding hydrogens is 546 g/mol. The molecule has 2 aromatic rings. The van der Waals surface area contributed by atoms with Crippen molar-refractivity contribution in [1.29, 1.82) is 0 Å². The van der Waals surface area contributed by atoms with Crippen LogP contribution in [0.5, 0.6) is 0 Å². The van der Waals surface area contributed by atoms with Gasteiger partial charge in [-0.3, -0.25) is 24.2 Å². The first-order valence-electron chi connectivity index (χ1n) is 13.6. The number of hydrogen-bond acceptors (Lipinski definition) is 7. The van der Waals surface area contributed by atoms with Gasteiger partial charge in [-0.1, -0.05) is 32.0 Å². The molecule has 4 amide bonds. The van der Waals surface area contributed by atoms with Crippen LogP contribution in [0.2, 0.25) is 0 Å². The number of rotatable bonds is 17. The zero-order valence-corrected chi connectivity index (χ0v) is 23.8. The van der Waals surface area contributed by atoms with Gasteiger partial charge in [0.2, 0.25) is 23.6 Å². The van der Waals surface area contributed by atoms with Gasteiger partial charge in [0.15, 0.2) is 5.96 Å². The second kappa shape index (κ2) is 16.0. The number of aliphatic carboxylic acids is 1. The first kappa shape index (κ1) is 33.5. The number of aromatic nitrogens is 1. The molecule has 230 valence electrons. The number of guanidine groups is 1. The number of nitrogens with two attached hydrogens (primary N) is 4. The van der Waals surface area contributed by atoms with Gasteiger partial charge in [-0.2, -0.15) is 0 Å². The summed E-state index contributed by atoms with van der Waals surface area (Å²) in [7, 11) is 0. The van der Waals surface area contributed by atoms with Gasteiger partial charge < -0.3 is 49.0 Å². The van der Waals surface area contributed by atoms with Gasteiger partial charge in [0.05, 0.1) is 6.04 Å². The molecule has 13 N–H and O–H groups in total. The van der Waals surface area contributed by atoms with Gasteiger partial charge in [-0.05, 0) is 43.2 Å². The van der Waals surface area contributed by atoms with E-state index in [9.17, 15) is 29.1 Å². The number of para-hydroxylation sites is 1. The van der Waals surface area contributed by atoms with Crippen molar-refractivity contribution in [3.8, 4) is 0 Å². The summed E-state index contributed by atoms with van der Waals surface area (Å²) in [5, 5.41) is 18.0. The SMILES string of the molecule is CC(C)C(NC(=O)C(CCCN=C(N)N)NC(=O)C(N)Cc1c[nH]c2ccccc12)C(=O)NC(CCC(N)=O)C(=O)O. The number of carbonyl (C=O) groups is 5. The van der Waals surface area contributed by atoms with Crippen LogP contribution in [0.25, 0.3) is 10.9 Å². The highest BCUT2D eigenvalue weighted by atomic mass is 16.4. The highest BCUT2D eigenvalue weighted by Crippen LogP contribution is 2.19. The van der Waals surface area contributed by atoms with Crippen LogP contribution < -0.4 is 38.9 Å². The van der Waals surface area contributed by atoms with Crippen LogP contribution in [0.3, 0.4) is 0 Å². The molecule has 0 bridgehead atoms. The number of amides is 4. The Morgan fingerprint density at radius 2 is 1.60 bits per heavy atom. The van der Waals surface area contributed by atoms with Crippen LogP contribution >= 0.6 is 0 Å². The molecule has 0 saturated carbocycles. The molecule has 1 aromatic carbocycles. The van der Waals surface area contributed by atoms with E-state index in [1.54, 1.807) is 20.0 Å². The third-order valence-corrected chi connectivity index (χ3v) is 6.57. The molecule has 0 saturated heterocycles. The highest BCUT2D eigenvalue weighted by molar-refractivity contribution is 5.94. The number of hydrogen-bond donors (Lipinski definition) is 9. The normalized spacial score (nSPS) is 13.9. The Balaban J connectivity index is 2.15. The molecule has 1 aromatic heterocycles. The summed E-state index contributed by atoms with van der Waals surface area (Å²) >= 11 is 0. The van der Waals surface area contributed by atoms with Crippen molar-refractivity contribution in [2.75, 3.05) is 6.54 Å². The molecule has 0 spiro atoms. The summed E-state index contributed by atoms with van der Waals surface area (Å²) in [4.78, 5) is 69.1. The van der Waals surface area contributed by atoms with Crippen LogP contribution in [0.1, 0.15) is 45.1 Å². The minimum absolute atomic E-state index is 0.122. The average Bonchev–Trinajstić information content (AvgIpc) is 3.32. The molecule has 15 nitrogen and oxygen atoms in total. The maximum absolute atomic E-state index is 13.4. The number of carboxylic acid groups (broad SMARTS) is 1. The second-order valence-corrected chi connectivity index (χ2v) is 10.3. The molecule has 1 heterocycles. The lowest BCUT2D eigenvalue weighted by atomic mass is 10.0. The van der Waals surface area contributed by atoms with E-state index >= 15 is 0 Å². The number of carbonyl (C=O) groups excluding carboxylic acids is 4. The lowest BCUT2D eigenvalue weighted by Crippen LogP contribution is -2.58. The monoisotopic (exact) mass is 587 g/mol. The van der Waals surface area contributed by atoms with Crippen molar-refractivity contribution in [1.82, 2.24) is 20.9 Å². The molecule has 4 unspecified atom stereocenters. The van der Waals surface area contributed by atoms with Crippen LogP contribution in [0.15, 0.2) is 35.5 Å². The molecule has 42 heavy (non-hydrogen) atoms. The Hall–Kier alpha value is -4.66. The van der Waals surface area contributed by atoms with E-state index in [-0.39, 0.29) is 38.2 Å². The zero-order valence-electron chi connectivity index (χ0n) is 23.8. The maximum atomic E-state index is 13.4. The number of nitrogens with one attached hydrogen (secondary N) is 4. The standard InChI is InChI=1S/C27H41N9O6/c1-14(2)22(25(40)35-20(26(41)42)9-10-21(29)37)36-24(39)19(8-5-11-32-27(30)31)34-23(38)17(28)12-15-13-33-18-7-4-3-6-16(15)18/h3-4,6-7,13-14,17,19-20,22,33H,5,8-12,28H2,1-2H3,(H2,29,37)(H,34,38)(H,35,40)(H,36,39)(H,41,42)(H4,30,31,32). The number of aliphatic imine (C=N–C) groups is 1.